The van der Waals surface area contributed by atoms with Crippen molar-refractivity contribution in [2.75, 3.05) is 13.1 Å². The van der Waals surface area contributed by atoms with Gasteiger partial charge in [-0.3, -0.25) is 4.79 Å². The number of hydrogen-bond donors (Lipinski definition) is 1. The number of carbonyl (C=O) groups is 1. The standard InChI is InChI=1S/C15H17Cl2NO4S/c1-9-4-5-11(16)13(12(9)17)23(21,22)18-7-10-3-2-6-15(10,8-18)14(19)20/h4-5,10H,2-3,6-8H2,1H3,(H,19,20)/t10-,15+/m0/s1. The lowest BCUT2D eigenvalue weighted by molar-refractivity contribution is -0.149. The predicted octanol–water partition coefficient (Wildman–Crippen LogP) is 3.18. The Morgan fingerprint density at radius 1 is 1.39 bits per heavy atom. The van der Waals surface area contributed by atoms with Gasteiger partial charge in [-0.05, 0) is 37.3 Å². The Hall–Kier alpha value is -0.820. The quantitative estimate of drug-likeness (QED) is 0.877. The molecule has 3 rings (SSSR count). The van der Waals surface area contributed by atoms with Crippen molar-refractivity contribution in [1.29, 1.82) is 0 Å². The first kappa shape index (κ1) is 17.0. The average molecular weight is 378 g/mol. The number of hydrogen-bond acceptors (Lipinski definition) is 3. The molecule has 2 fully saturated rings. The third-order valence-corrected chi connectivity index (χ3v) is 8.03. The highest BCUT2D eigenvalue weighted by Gasteiger charge is 2.57. The summed E-state index contributed by atoms with van der Waals surface area (Å²) in [6, 6.07) is 3.15. The van der Waals surface area contributed by atoms with Gasteiger partial charge in [0.05, 0.1) is 15.5 Å². The van der Waals surface area contributed by atoms with Crippen molar-refractivity contribution in [2.45, 2.75) is 31.1 Å². The van der Waals surface area contributed by atoms with Crippen molar-refractivity contribution in [1.82, 2.24) is 4.31 Å². The topological polar surface area (TPSA) is 74.7 Å². The normalized spacial score (nSPS) is 28.0. The Kier molecular flexibility index (Phi) is 4.16. The van der Waals surface area contributed by atoms with Crippen molar-refractivity contribution < 1.29 is 18.3 Å². The van der Waals surface area contributed by atoms with E-state index in [1.807, 2.05) is 0 Å². The monoisotopic (exact) mass is 377 g/mol. The lowest BCUT2D eigenvalue weighted by Gasteiger charge is -2.23. The molecule has 0 bridgehead atoms. The molecule has 1 aromatic rings. The van der Waals surface area contributed by atoms with Crippen molar-refractivity contribution in [3.63, 3.8) is 0 Å². The Morgan fingerprint density at radius 3 is 2.70 bits per heavy atom. The SMILES string of the molecule is Cc1ccc(Cl)c(S(=O)(=O)N2C[C@@H]3CCC[C@@]3(C(=O)O)C2)c1Cl. The second-order valence-corrected chi connectivity index (χ2v) is 9.02. The van der Waals surface area contributed by atoms with E-state index in [-0.39, 0.29) is 33.9 Å². The average Bonchev–Trinajstić information content (AvgIpc) is 3.01. The summed E-state index contributed by atoms with van der Waals surface area (Å²) < 4.78 is 27.2. The lowest BCUT2D eigenvalue weighted by atomic mass is 9.81. The molecule has 126 valence electrons. The summed E-state index contributed by atoms with van der Waals surface area (Å²) in [4.78, 5) is 11.6. The van der Waals surface area contributed by atoms with Crippen molar-refractivity contribution in [3.05, 3.63) is 27.7 Å². The first-order chi connectivity index (χ1) is 10.7. The van der Waals surface area contributed by atoms with Gasteiger partial charge in [-0.1, -0.05) is 35.7 Å². The van der Waals surface area contributed by atoms with E-state index in [2.05, 4.69) is 0 Å². The maximum atomic E-state index is 13.0. The van der Waals surface area contributed by atoms with E-state index in [0.29, 0.717) is 12.0 Å². The number of fused-ring (bicyclic) bond motifs is 1. The van der Waals surface area contributed by atoms with E-state index in [9.17, 15) is 18.3 Å². The van der Waals surface area contributed by atoms with E-state index in [4.69, 9.17) is 23.2 Å². The first-order valence-electron chi connectivity index (χ1n) is 7.38. The fourth-order valence-corrected chi connectivity index (χ4v) is 6.46. The van der Waals surface area contributed by atoms with Crippen LogP contribution >= 0.6 is 23.2 Å². The number of carboxylic acids is 1. The molecule has 0 radical (unpaired) electrons. The Balaban J connectivity index is 2.03. The number of nitrogens with zero attached hydrogens (tertiary/aromatic N) is 1. The maximum absolute atomic E-state index is 13.0. The van der Waals surface area contributed by atoms with E-state index in [1.165, 1.54) is 10.4 Å². The smallest absolute Gasteiger partial charge is 0.311 e. The zero-order valence-electron chi connectivity index (χ0n) is 12.6. The second-order valence-electron chi connectivity index (χ2n) is 6.36. The minimum absolute atomic E-state index is 0.0179. The van der Waals surface area contributed by atoms with Gasteiger partial charge < -0.3 is 5.11 Å². The summed E-state index contributed by atoms with van der Waals surface area (Å²) in [5, 5.41) is 9.76. The lowest BCUT2D eigenvalue weighted by Crippen LogP contribution is -2.37. The van der Waals surface area contributed by atoms with Gasteiger partial charge in [0.1, 0.15) is 4.90 Å². The number of sulfonamides is 1. The Morgan fingerprint density at radius 2 is 2.09 bits per heavy atom. The van der Waals surface area contributed by atoms with E-state index < -0.39 is 21.4 Å². The van der Waals surface area contributed by atoms with Crippen LogP contribution in [-0.2, 0) is 14.8 Å². The van der Waals surface area contributed by atoms with Crippen LogP contribution in [0.1, 0.15) is 24.8 Å². The molecular formula is C15H17Cl2NO4S. The molecule has 1 N–H and O–H groups in total. The van der Waals surface area contributed by atoms with Crippen LogP contribution in [0.4, 0.5) is 0 Å². The van der Waals surface area contributed by atoms with E-state index in [1.54, 1.807) is 13.0 Å². The summed E-state index contributed by atoms with van der Waals surface area (Å²) in [5.41, 5.74) is -0.363. The number of aliphatic carboxylic acids is 1. The molecule has 0 spiro atoms. The largest absolute Gasteiger partial charge is 0.481 e. The molecule has 1 aromatic carbocycles. The van der Waals surface area contributed by atoms with Crippen molar-refractivity contribution in [2.24, 2.45) is 11.3 Å². The van der Waals surface area contributed by atoms with Gasteiger partial charge >= 0.3 is 5.97 Å². The highest BCUT2D eigenvalue weighted by atomic mass is 35.5. The molecule has 1 heterocycles. The molecular weight excluding hydrogens is 361 g/mol. The van der Waals surface area contributed by atoms with Crippen molar-refractivity contribution in [3.8, 4) is 0 Å². The predicted molar refractivity (Wildman–Crippen MR) is 87.4 cm³/mol. The van der Waals surface area contributed by atoms with Gasteiger partial charge in [-0.25, -0.2) is 8.42 Å². The number of rotatable bonds is 3. The highest BCUT2D eigenvalue weighted by molar-refractivity contribution is 7.89. The maximum Gasteiger partial charge on any atom is 0.311 e. The van der Waals surface area contributed by atoms with E-state index >= 15 is 0 Å². The number of aryl methyl sites for hydroxylation is 1. The first-order valence-corrected chi connectivity index (χ1v) is 9.58. The molecule has 1 saturated heterocycles. The van der Waals surface area contributed by atoms with Crippen LogP contribution in [0.15, 0.2) is 17.0 Å². The van der Waals surface area contributed by atoms with Crippen LogP contribution < -0.4 is 0 Å². The highest BCUT2D eigenvalue weighted by Crippen LogP contribution is 2.50. The van der Waals surface area contributed by atoms with Gasteiger partial charge in [-0.2, -0.15) is 4.31 Å². The molecule has 5 nitrogen and oxygen atoms in total. The van der Waals surface area contributed by atoms with Crippen LogP contribution in [0.25, 0.3) is 0 Å². The molecule has 0 aromatic heterocycles. The summed E-state index contributed by atoms with van der Waals surface area (Å²) in [5.74, 6) is -1.07. The van der Waals surface area contributed by atoms with Gasteiger partial charge in [0.2, 0.25) is 10.0 Å². The molecule has 1 saturated carbocycles. The van der Waals surface area contributed by atoms with Crippen LogP contribution in [0.5, 0.6) is 0 Å². The zero-order valence-corrected chi connectivity index (χ0v) is 14.9. The van der Waals surface area contributed by atoms with Gasteiger partial charge in [-0.15, -0.1) is 0 Å². The summed E-state index contributed by atoms with van der Waals surface area (Å²) >= 11 is 12.2. The number of carboxylic acid groups (broad SMARTS) is 1. The minimum atomic E-state index is -3.93. The molecule has 1 aliphatic heterocycles. The fraction of sp³-hybridized carbons (Fsp3) is 0.533. The van der Waals surface area contributed by atoms with E-state index in [0.717, 1.165) is 12.8 Å². The van der Waals surface area contributed by atoms with Gasteiger partial charge in [0.15, 0.2) is 0 Å². The molecule has 2 atom stereocenters. The molecule has 0 amide bonds. The summed E-state index contributed by atoms with van der Waals surface area (Å²) in [6.45, 7) is 1.89. The summed E-state index contributed by atoms with van der Waals surface area (Å²) in [7, 11) is -3.93. The molecule has 0 unspecified atom stereocenters. The Bertz CT molecular complexity index is 780. The molecule has 2 aliphatic rings. The van der Waals surface area contributed by atoms with Gasteiger partial charge in [0.25, 0.3) is 0 Å². The third kappa shape index (κ3) is 2.47. The van der Waals surface area contributed by atoms with Crippen LogP contribution in [-0.4, -0.2) is 36.9 Å². The number of halogens is 2. The molecule has 23 heavy (non-hydrogen) atoms. The fourth-order valence-electron chi connectivity index (χ4n) is 3.77. The summed E-state index contributed by atoms with van der Waals surface area (Å²) in [6.07, 6.45) is 2.05. The minimum Gasteiger partial charge on any atom is -0.481 e. The van der Waals surface area contributed by atoms with Crippen LogP contribution in [0.2, 0.25) is 10.0 Å². The Labute approximate surface area is 145 Å². The van der Waals surface area contributed by atoms with Crippen LogP contribution in [0.3, 0.4) is 0 Å². The third-order valence-electron chi connectivity index (χ3n) is 5.11. The van der Waals surface area contributed by atoms with Crippen molar-refractivity contribution >= 4 is 39.2 Å². The van der Waals surface area contributed by atoms with Crippen LogP contribution in [0, 0.1) is 18.3 Å². The second kappa shape index (κ2) is 5.62. The number of benzene rings is 1. The molecule has 1 aliphatic carbocycles. The molecule has 8 heteroatoms. The van der Waals surface area contributed by atoms with Gasteiger partial charge in [0, 0.05) is 13.1 Å². The zero-order chi connectivity index (χ0) is 17.0.